The summed E-state index contributed by atoms with van der Waals surface area (Å²) in [6, 6.07) is 6.20. The summed E-state index contributed by atoms with van der Waals surface area (Å²) in [6.07, 6.45) is 0. The lowest BCUT2D eigenvalue weighted by atomic mass is 10.2. The van der Waals surface area contributed by atoms with Crippen molar-refractivity contribution < 1.29 is 14.5 Å². The van der Waals surface area contributed by atoms with Crippen LogP contribution in [0.15, 0.2) is 24.3 Å². The van der Waals surface area contributed by atoms with Crippen LogP contribution in [0, 0.1) is 17.0 Å². The number of nitrogens with one attached hydrogen (secondary N) is 1. The third kappa shape index (κ3) is 2.90. The van der Waals surface area contributed by atoms with Crippen molar-refractivity contribution in [3.05, 3.63) is 45.8 Å². The van der Waals surface area contributed by atoms with Crippen LogP contribution in [0.4, 0.5) is 17.1 Å². The number of benzene rings is 1. The number of para-hydroxylation sites is 2. The number of hydrogen-bond acceptors (Lipinski definition) is 6. The predicted octanol–water partition coefficient (Wildman–Crippen LogP) is 2.56. The summed E-state index contributed by atoms with van der Waals surface area (Å²) in [5.41, 5.74) is 1.37. The summed E-state index contributed by atoms with van der Waals surface area (Å²) in [6.45, 7) is 3.64. The Morgan fingerprint density at radius 3 is 2.77 bits per heavy atom. The molecule has 1 heterocycles. The molecule has 22 heavy (non-hydrogen) atoms. The molecule has 1 aromatic heterocycles. The van der Waals surface area contributed by atoms with E-state index in [-0.39, 0.29) is 23.7 Å². The van der Waals surface area contributed by atoms with E-state index in [1.807, 2.05) is 0 Å². The molecule has 1 aromatic carbocycles. The third-order valence-electron chi connectivity index (χ3n) is 3.05. The summed E-state index contributed by atoms with van der Waals surface area (Å²) >= 11 is 0. The Bertz CT molecular complexity index is 724. The molecule has 2 aromatic rings. The van der Waals surface area contributed by atoms with Gasteiger partial charge in [0.25, 0.3) is 5.69 Å². The topological polar surface area (TPSA) is 99.3 Å². The molecule has 0 saturated carbocycles. The van der Waals surface area contributed by atoms with E-state index in [1.165, 1.54) is 10.7 Å². The highest BCUT2D eigenvalue weighted by Gasteiger charge is 2.23. The number of aryl methyl sites for hydroxylation is 2. The molecule has 0 amide bonds. The molecule has 8 nitrogen and oxygen atoms in total. The van der Waals surface area contributed by atoms with Gasteiger partial charge in [-0.15, -0.1) is 0 Å². The quantitative estimate of drug-likeness (QED) is 0.517. The molecular weight excluding hydrogens is 288 g/mol. The second-order valence-electron chi connectivity index (χ2n) is 4.55. The highest BCUT2D eigenvalue weighted by molar-refractivity contribution is 5.96. The first-order valence-corrected chi connectivity index (χ1v) is 6.66. The van der Waals surface area contributed by atoms with E-state index in [1.54, 1.807) is 39.1 Å². The summed E-state index contributed by atoms with van der Waals surface area (Å²) in [7, 11) is 1.61. The maximum absolute atomic E-state index is 12.1. The minimum Gasteiger partial charge on any atom is -0.461 e. The number of carbonyl (C=O) groups is 1. The predicted molar refractivity (Wildman–Crippen MR) is 80.3 cm³/mol. The van der Waals surface area contributed by atoms with Gasteiger partial charge in [0.05, 0.1) is 22.9 Å². The van der Waals surface area contributed by atoms with Gasteiger partial charge >= 0.3 is 5.97 Å². The van der Waals surface area contributed by atoms with Crippen molar-refractivity contribution in [3.8, 4) is 0 Å². The largest absolute Gasteiger partial charge is 0.461 e. The Hall–Kier alpha value is -2.90. The molecule has 0 aliphatic rings. The van der Waals surface area contributed by atoms with Gasteiger partial charge in [0, 0.05) is 13.1 Å². The normalized spacial score (nSPS) is 10.3. The fraction of sp³-hybridized carbons (Fsp3) is 0.286. The van der Waals surface area contributed by atoms with E-state index in [0.717, 1.165) is 0 Å². The standard InChI is InChI=1S/C14H16N4O4/c1-4-22-14(19)13-12(9(2)16-17(13)3)15-10-7-5-6-8-11(10)18(20)21/h5-8,15H,4H2,1-3H3. The molecule has 2 rings (SSSR count). The van der Waals surface area contributed by atoms with Crippen LogP contribution in [0.25, 0.3) is 0 Å². The number of nitro benzene ring substituents is 1. The molecule has 0 atom stereocenters. The average Bonchev–Trinajstić information content (AvgIpc) is 2.74. The second-order valence-corrected chi connectivity index (χ2v) is 4.55. The van der Waals surface area contributed by atoms with E-state index in [0.29, 0.717) is 11.4 Å². The molecule has 0 saturated heterocycles. The van der Waals surface area contributed by atoms with Crippen LogP contribution in [-0.2, 0) is 11.8 Å². The summed E-state index contributed by atoms with van der Waals surface area (Å²) in [4.78, 5) is 22.6. The fourth-order valence-electron chi connectivity index (χ4n) is 2.11. The summed E-state index contributed by atoms with van der Waals surface area (Å²) in [5.74, 6) is -0.535. The number of rotatable bonds is 5. The zero-order valence-corrected chi connectivity index (χ0v) is 12.5. The summed E-state index contributed by atoms with van der Waals surface area (Å²) in [5, 5.41) is 18.2. The number of aromatic nitrogens is 2. The van der Waals surface area contributed by atoms with Crippen molar-refractivity contribution >= 4 is 23.0 Å². The number of ether oxygens (including phenoxy) is 1. The van der Waals surface area contributed by atoms with Gasteiger partial charge in [-0.3, -0.25) is 14.8 Å². The Morgan fingerprint density at radius 1 is 1.45 bits per heavy atom. The zero-order valence-electron chi connectivity index (χ0n) is 12.5. The lowest BCUT2D eigenvalue weighted by Crippen LogP contribution is -2.12. The first-order valence-electron chi connectivity index (χ1n) is 6.66. The number of anilines is 2. The highest BCUT2D eigenvalue weighted by atomic mass is 16.6. The van der Waals surface area contributed by atoms with E-state index < -0.39 is 10.9 Å². The Morgan fingerprint density at radius 2 is 2.14 bits per heavy atom. The van der Waals surface area contributed by atoms with Crippen molar-refractivity contribution in [1.29, 1.82) is 0 Å². The smallest absolute Gasteiger partial charge is 0.358 e. The minimum atomic E-state index is -0.535. The van der Waals surface area contributed by atoms with Gasteiger partial charge in [-0.25, -0.2) is 4.79 Å². The van der Waals surface area contributed by atoms with Gasteiger partial charge in [-0.05, 0) is 19.9 Å². The SMILES string of the molecule is CCOC(=O)c1c(Nc2ccccc2[N+](=O)[O-])c(C)nn1C. The van der Waals surface area contributed by atoms with Gasteiger partial charge < -0.3 is 10.1 Å². The fourth-order valence-corrected chi connectivity index (χ4v) is 2.11. The van der Waals surface area contributed by atoms with E-state index in [9.17, 15) is 14.9 Å². The number of esters is 1. The molecule has 0 unspecified atom stereocenters. The van der Waals surface area contributed by atoms with Crippen molar-refractivity contribution in [2.24, 2.45) is 7.05 Å². The highest BCUT2D eigenvalue weighted by Crippen LogP contribution is 2.30. The minimum absolute atomic E-state index is 0.0828. The maximum Gasteiger partial charge on any atom is 0.358 e. The third-order valence-corrected chi connectivity index (χ3v) is 3.05. The van der Waals surface area contributed by atoms with Crippen LogP contribution in [0.1, 0.15) is 23.1 Å². The zero-order chi connectivity index (χ0) is 16.3. The molecule has 0 aliphatic heterocycles. The van der Waals surface area contributed by atoms with Gasteiger partial charge in [0.15, 0.2) is 5.69 Å². The van der Waals surface area contributed by atoms with Crippen molar-refractivity contribution in [2.75, 3.05) is 11.9 Å². The van der Waals surface area contributed by atoms with Crippen molar-refractivity contribution in [2.45, 2.75) is 13.8 Å². The Kier molecular flexibility index (Phi) is 4.40. The van der Waals surface area contributed by atoms with Crippen LogP contribution in [0.5, 0.6) is 0 Å². The lowest BCUT2D eigenvalue weighted by Gasteiger charge is -2.09. The van der Waals surface area contributed by atoms with Gasteiger partial charge in [0.2, 0.25) is 0 Å². The number of carbonyl (C=O) groups excluding carboxylic acids is 1. The maximum atomic E-state index is 12.1. The summed E-state index contributed by atoms with van der Waals surface area (Å²) < 4.78 is 6.40. The molecule has 0 bridgehead atoms. The van der Waals surface area contributed by atoms with Crippen molar-refractivity contribution in [1.82, 2.24) is 9.78 Å². The average molecular weight is 304 g/mol. The molecule has 0 aliphatic carbocycles. The first-order chi connectivity index (χ1) is 10.5. The van der Waals surface area contributed by atoms with Crippen LogP contribution < -0.4 is 5.32 Å². The molecule has 8 heteroatoms. The first kappa shape index (κ1) is 15.5. The van der Waals surface area contributed by atoms with Crippen LogP contribution in [0.3, 0.4) is 0 Å². The lowest BCUT2D eigenvalue weighted by molar-refractivity contribution is -0.383. The van der Waals surface area contributed by atoms with E-state index >= 15 is 0 Å². The van der Waals surface area contributed by atoms with Crippen LogP contribution >= 0.6 is 0 Å². The van der Waals surface area contributed by atoms with Crippen molar-refractivity contribution in [3.63, 3.8) is 0 Å². The molecule has 1 N–H and O–H groups in total. The number of nitrogens with zero attached hydrogens (tertiary/aromatic N) is 3. The monoisotopic (exact) mass is 304 g/mol. The number of hydrogen-bond donors (Lipinski definition) is 1. The Labute approximate surface area is 126 Å². The van der Waals surface area contributed by atoms with E-state index in [2.05, 4.69) is 10.4 Å². The molecule has 0 spiro atoms. The molecule has 0 fully saturated rings. The Balaban J connectivity index is 2.47. The molecule has 0 radical (unpaired) electrons. The van der Waals surface area contributed by atoms with E-state index in [4.69, 9.17) is 4.74 Å². The molecule has 116 valence electrons. The second kappa shape index (κ2) is 6.25. The van der Waals surface area contributed by atoms with Crippen LogP contribution in [-0.4, -0.2) is 27.3 Å². The van der Waals surface area contributed by atoms with Gasteiger partial charge in [-0.1, -0.05) is 12.1 Å². The van der Waals surface area contributed by atoms with Crippen LogP contribution in [0.2, 0.25) is 0 Å². The number of nitro groups is 1. The molecular formula is C14H16N4O4. The van der Waals surface area contributed by atoms with Gasteiger partial charge in [-0.2, -0.15) is 5.10 Å². The van der Waals surface area contributed by atoms with Gasteiger partial charge in [0.1, 0.15) is 5.69 Å².